The van der Waals surface area contributed by atoms with Crippen LogP contribution >= 0.6 is 34.4 Å². The Morgan fingerprint density at radius 1 is 1.39 bits per heavy atom. The molecular weight excluding hydrogens is 406 g/mol. The van der Waals surface area contributed by atoms with Crippen molar-refractivity contribution in [3.63, 3.8) is 0 Å². The minimum Gasteiger partial charge on any atom is -0.350 e. The smallest absolute Gasteiger partial charge is 0.230 e. The van der Waals surface area contributed by atoms with E-state index in [1.165, 1.54) is 27.1 Å². The fourth-order valence-electron chi connectivity index (χ4n) is 3.47. The number of hydrogen-bond acceptors (Lipinski definition) is 6. The van der Waals surface area contributed by atoms with Gasteiger partial charge in [-0.1, -0.05) is 38.6 Å². The van der Waals surface area contributed by atoms with Crippen molar-refractivity contribution < 1.29 is 4.79 Å². The van der Waals surface area contributed by atoms with Gasteiger partial charge in [-0.05, 0) is 42.2 Å². The van der Waals surface area contributed by atoms with Crippen molar-refractivity contribution in [3.05, 3.63) is 38.7 Å². The Morgan fingerprint density at radius 2 is 2.25 bits per heavy atom. The molecule has 0 saturated carbocycles. The summed E-state index contributed by atoms with van der Waals surface area (Å²) in [6.07, 6.45) is 3.45. The predicted molar refractivity (Wildman–Crippen MR) is 120 cm³/mol. The summed E-state index contributed by atoms with van der Waals surface area (Å²) in [7, 11) is 0. The molecule has 4 rings (SSSR count). The van der Waals surface area contributed by atoms with Gasteiger partial charge in [0.1, 0.15) is 15.7 Å². The second kappa shape index (κ2) is 8.51. The Kier molecular flexibility index (Phi) is 6.04. The molecule has 1 aliphatic carbocycles. The number of rotatable bonds is 6. The van der Waals surface area contributed by atoms with Crippen LogP contribution in [-0.4, -0.2) is 21.6 Å². The second-order valence-electron chi connectivity index (χ2n) is 7.72. The number of carbonyl (C=O) groups excluding carboxylic acids is 1. The third kappa shape index (κ3) is 4.26. The third-order valence-corrected chi connectivity index (χ3v) is 8.04. The van der Waals surface area contributed by atoms with Crippen LogP contribution < -0.4 is 5.32 Å². The molecule has 0 fully saturated rings. The molecule has 0 unspecified atom stereocenters. The molecule has 1 amide bonds. The van der Waals surface area contributed by atoms with Crippen LogP contribution in [-0.2, 0) is 24.2 Å². The molecule has 1 atom stereocenters. The SMILES string of the molecule is CC(C)c1nc(SCC(=O)NCc2cccs2)c2c3c(sc2n1)C[C@H](C)CC3. The number of carbonyl (C=O) groups is 1. The quantitative estimate of drug-likeness (QED) is 0.419. The number of hydrogen-bond donors (Lipinski definition) is 1. The molecule has 0 bridgehead atoms. The van der Waals surface area contributed by atoms with Gasteiger partial charge in [0.05, 0.1) is 12.3 Å². The summed E-state index contributed by atoms with van der Waals surface area (Å²) < 4.78 is 0. The molecule has 148 valence electrons. The summed E-state index contributed by atoms with van der Waals surface area (Å²) in [4.78, 5) is 25.8. The van der Waals surface area contributed by atoms with Gasteiger partial charge in [0, 0.05) is 21.1 Å². The van der Waals surface area contributed by atoms with Crippen molar-refractivity contribution in [2.75, 3.05) is 5.75 Å². The van der Waals surface area contributed by atoms with E-state index in [0.29, 0.717) is 12.3 Å². The summed E-state index contributed by atoms with van der Waals surface area (Å²) in [5.41, 5.74) is 1.43. The highest BCUT2D eigenvalue weighted by atomic mass is 32.2. The topological polar surface area (TPSA) is 54.9 Å². The molecule has 7 heteroatoms. The molecule has 0 aliphatic heterocycles. The summed E-state index contributed by atoms with van der Waals surface area (Å²) in [5, 5.41) is 7.22. The second-order valence-corrected chi connectivity index (χ2v) is 10.8. The van der Waals surface area contributed by atoms with Gasteiger partial charge < -0.3 is 5.32 Å². The molecule has 28 heavy (non-hydrogen) atoms. The standard InChI is InChI=1S/C21H25N3OS3/c1-12(2)19-23-20(27-11-17(25)22-10-14-5-4-8-26-14)18-15-7-6-13(3)9-16(15)28-21(18)24-19/h4-5,8,12-13H,6-7,9-11H2,1-3H3,(H,22,25)/t13-/m1/s1. The molecule has 1 N–H and O–H groups in total. The van der Waals surface area contributed by atoms with Gasteiger partial charge in [0.2, 0.25) is 5.91 Å². The van der Waals surface area contributed by atoms with Gasteiger partial charge in [-0.25, -0.2) is 9.97 Å². The van der Waals surface area contributed by atoms with Crippen LogP contribution in [0.3, 0.4) is 0 Å². The maximum atomic E-state index is 12.4. The van der Waals surface area contributed by atoms with Gasteiger partial charge in [-0.2, -0.15) is 0 Å². The van der Waals surface area contributed by atoms with E-state index in [0.717, 1.165) is 34.4 Å². The monoisotopic (exact) mass is 431 g/mol. The highest BCUT2D eigenvalue weighted by Gasteiger charge is 2.24. The number of amides is 1. The molecule has 1 aliphatic rings. The number of nitrogens with one attached hydrogen (secondary N) is 1. The minimum absolute atomic E-state index is 0.0500. The van der Waals surface area contributed by atoms with E-state index in [1.807, 2.05) is 28.8 Å². The summed E-state index contributed by atoms with van der Waals surface area (Å²) >= 11 is 5.04. The minimum atomic E-state index is 0.0500. The Bertz CT molecular complexity index is 979. The van der Waals surface area contributed by atoms with Gasteiger partial charge in [-0.15, -0.1) is 22.7 Å². The molecule has 0 radical (unpaired) electrons. The van der Waals surface area contributed by atoms with Crippen molar-refractivity contribution in [1.29, 1.82) is 0 Å². The summed E-state index contributed by atoms with van der Waals surface area (Å²) in [6.45, 7) is 7.17. The first-order valence-corrected chi connectivity index (χ1v) is 12.4. The van der Waals surface area contributed by atoms with Crippen molar-refractivity contribution in [2.24, 2.45) is 5.92 Å². The zero-order chi connectivity index (χ0) is 19.7. The fraction of sp³-hybridized carbons (Fsp3) is 0.476. The molecule has 0 spiro atoms. The highest BCUT2D eigenvalue weighted by molar-refractivity contribution is 8.00. The van der Waals surface area contributed by atoms with Gasteiger partial charge >= 0.3 is 0 Å². The first-order valence-electron chi connectivity index (χ1n) is 9.75. The van der Waals surface area contributed by atoms with Crippen molar-refractivity contribution in [2.45, 2.75) is 57.5 Å². The first-order chi connectivity index (χ1) is 13.5. The average Bonchev–Trinajstić information content (AvgIpc) is 3.30. The lowest BCUT2D eigenvalue weighted by atomic mass is 9.89. The summed E-state index contributed by atoms with van der Waals surface area (Å²) in [5.74, 6) is 2.32. The Balaban J connectivity index is 1.57. The lowest BCUT2D eigenvalue weighted by molar-refractivity contribution is -0.118. The van der Waals surface area contributed by atoms with Gasteiger partial charge in [-0.3, -0.25) is 4.79 Å². The number of aromatic nitrogens is 2. The van der Waals surface area contributed by atoms with Crippen LogP contribution in [0, 0.1) is 5.92 Å². The number of thiophene rings is 2. The Morgan fingerprint density at radius 3 is 3.00 bits per heavy atom. The molecular formula is C21H25N3OS3. The van der Waals surface area contributed by atoms with E-state index in [-0.39, 0.29) is 11.8 Å². The van der Waals surface area contributed by atoms with Gasteiger partial charge in [0.15, 0.2) is 0 Å². The molecule has 3 aromatic heterocycles. The van der Waals surface area contributed by atoms with E-state index in [1.54, 1.807) is 23.1 Å². The van der Waals surface area contributed by atoms with Gasteiger partial charge in [0.25, 0.3) is 0 Å². The van der Waals surface area contributed by atoms with Crippen LogP contribution in [0.1, 0.15) is 54.3 Å². The maximum Gasteiger partial charge on any atom is 0.230 e. The van der Waals surface area contributed by atoms with Crippen molar-refractivity contribution in [3.8, 4) is 0 Å². The van der Waals surface area contributed by atoms with E-state index in [9.17, 15) is 4.79 Å². The van der Waals surface area contributed by atoms with Crippen molar-refractivity contribution in [1.82, 2.24) is 15.3 Å². The van der Waals surface area contributed by atoms with Crippen LogP contribution in [0.25, 0.3) is 10.2 Å². The lowest BCUT2D eigenvalue weighted by Crippen LogP contribution is -2.24. The maximum absolute atomic E-state index is 12.4. The number of nitrogens with zero attached hydrogens (tertiary/aromatic N) is 2. The van der Waals surface area contributed by atoms with Crippen molar-refractivity contribution >= 4 is 50.6 Å². The number of fused-ring (bicyclic) bond motifs is 3. The van der Waals surface area contributed by atoms with E-state index >= 15 is 0 Å². The molecule has 0 aromatic carbocycles. The normalized spacial score (nSPS) is 16.5. The van der Waals surface area contributed by atoms with E-state index in [2.05, 4.69) is 26.1 Å². The van der Waals surface area contributed by atoms with Crippen LogP contribution in [0.4, 0.5) is 0 Å². The van der Waals surface area contributed by atoms with E-state index in [4.69, 9.17) is 9.97 Å². The average molecular weight is 432 g/mol. The molecule has 0 saturated heterocycles. The van der Waals surface area contributed by atoms with Crippen LogP contribution in [0.5, 0.6) is 0 Å². The molecule has 3 heterocycles. The zero-order valence-corrected chi connectivity index (χ0v) is 18.9. The van der Waals surface area contributed by atoms with E-state index < -0.39 is 0 Å². The van der Waals surface area contributed by atoms with Crippen LogP contribution in [0.15, 0.2) is 22.5 Å². The fourth-order valence-corrected chi connectivity index (χ4v) is 6.46. The molecule has 3 aromatic rings. The zero-order valence-electron chi connectivity index (χ0n) is 16.4. The third-order valence-electron chi connectivity index (χ3n) is 5.04. The Hall–Kier alpha value is -1.44. The largest absolute Gasteiger partial charge is 0.350 e. The summed E-state index contributed by atoms with van der Waals surface area (Å²) in [6, 6.07) is 4.05. The molecule has 4 nitrogen and oxygen atoms in total. The first kappa shape index (κ1) is 19.9. The Labute approximate surface area is 178 Å². The number of aryl methyl sites for hydroxylation is 1. The predicted octanol–water partition coefficient (Wildman–Crippen LogP) is 5.41. The lowest BCUT2D eigenvalue weighted by Gasteiger charge is -2.18. The van der Waals surface area contributed by atoms with Crippen LogP contribution in [0.2, 0.25) is 0 Å². The number of thioether (sulfide) groups is 1. The highest BCUT2D eigenvalue weighted by Crippen LogP contribution is 2.41.